The van der Waals surface area contributed by atoms with Gasteiger partial charge in [0.05, 0.1) is 13.2 Å². The Labute approximate surface area is 210 Å². The molecule has 0 aromatic heterocycles. The number of carbonyl (C=O) groups is 3. The van der Waals surface area contributed by atoms with E-state index >= 15 is 0 Å². The van der Waals surface area contributed by atoms with Crippen molar-refractivity contribution in [3.8, 4) is 0 Å². The Morgan fingerprint density at radius 3 is 2.42 bits per heavy atom. The van der Waals surface area contributed by atoms with E-state index in [9.17, 15) is 29.7 Å². The van der Waals surface area contributed by atoms with E-state index in [4.69, 9.17) is 14.2 Å². The molecule has 1 aliphatic rings. The van der Waals surface area contributed by atoms with Crippen LogP contribution in [-0.4, -0.2) is 90.2 Å². The maximum absolute atomic E-state index is 11.8. The Balaban J connectivity index is 1.53. The number of amides is 3. The maximum atomic E-state index is 11.8. The fraction of sp³-hybridized carbons (Fsp3) is 0.625. The number of hydrogen-bond donors (Lipinski definition) is 6. The lowest BCUT2D eigenvalue weighted by atomic mass is 9.97. The van der Waals surface area contributed by atoms with E-state index in [1.165, 1.54) is 6.92 Å². The number of carbonyl (C=O) groups excluding carboxylic acids is 3. The van der Waals surface area contributed by atoms with Crippen LogP contribution < -0.4 is 16.0 Å². The zero-order valence-corrected chi connectivity index (χ0v) is 20.4. The number of aliphatic hydroxyl groups is 3. The Morgan fingerprint density at radius 1 is 1.00 bits per heavy atom. The third kappa shape index (κ3) is 10.5. The predicted octanol–water partition coefficient (Wildman–Crippen LogP) is -0.450. The van der Waals surface area contributed by atoms with Crippen molar-refractivity contribution in [1.29, 1.82) is 0 Å². The first kappa shape index (κ1) is 29.5. The fourth-order valence-electron chi connectivity index (χ4n) is 3.61. The SMILES string of the molecule is CC(=O)NC1C(OCCCCCCNC(=O)CNC(=O)OCc2ccccc2)OC(CO)C(O)C1O. The van der Waals surface area contributed by atoms with Gasteiger partial charge in [0.1, 0.15) is 31.0 Å². The Bertz CT molecular complexity index is 811. The molecule has 6 N–H and O–H groups in total. The molecule has 5 unspecified atom stereocenters. The van der Waals surface area contributed by atoms with Gasteiger partial charge in [-0.1, -0.05) is 43.2 Å². The second-order valence-electron chi connectivity index (χ2n) is 8.48. The first-order valence-corrected chi connectivity index (χ1v) is 12.0. The second-order valence-corrected chi connectivity index (χ2v) is 8.48. The number of ether oxygens (including phenoxy) is 3. The van der Waals surface area contributed by atoms with Gasteiger partial charge in [0.2, 0.25) is 11.8 Å². The molecule has 36 heavy (non-hydrogen) atoms. The molecule has 0 bridgehead atoms. The van der Waals surface area contributed by atoms with Crippen LogP contribution in [0.1, 0.15) is 38.2 Å². The molecule has 1 fully saturated rings. The number of alkyl carbamates (subject to hydrolysis) is 1. The van der Waals surface area contributed by atoms with Crippen LogP contribution in [-0.2, 0) is 30.4 Å². The van der Waals surface area contributed by atoms with E-state index in [0.29, 0.717) is 13.0 Å². The molecule has 12 heteroatoms. The normalized spacial score (nSPS) is 23.5. The number of hydrogen-bond acceptors (Lipinski definition) is 9. The summed E-state index contributed by atoms with van der Waals surface area (Å²) < 4.78 is 16.2. The summed E-state index contributed by atoms with van der Waals surface area (Å²) >= 11 is 0. The van der Waals surface area contributed by atoms with E-state index in [1.54, 1.807) is 0 Å². The minimum atomic E-state index is -1.35. The van der Waals surface area contributed by atoms with Gasteiger partial charge in [0, 0.05) is 20.1 Å². The van der Waals surface area contributed by atoms with Gasteiger partial charge in [0.15, 0.2) is 6.29 Å². The largest absolute Gasteiger partial charge is 0.445 e. The number of benzene rings is 1. The molecule has 0 saturated carbocycles. The molecule has 1 saturated heterocycles. The zero-order valence-electron chi connectivity index (χ0n) is 20.4. The summed E-state index contributed by atoms with van der Waals surface area (Å²) in [6, 6.07) is 8.26. The van der Waals surface area contributed by atoms with Gasteiger partial charge in [-0.05, 0) is 18.4 Å². The number of aliphatic hydroxyl groups excluding tert-OH is 3. The first-order chi connectivity index (χ1) is 17.3. The highest BCUT2D eigenvalue weighted by Crippen LogP contribution is 2.22. The Hall–Kier alpha value is -2.77. The summed E-state index contributed by atoms with van der Waals surface area (Å²) in [7, 11) is 0. The smallest absolute Gasteiger partial charge is 0.407 e. The van der Waals surface area contributed by atoms with Gasteiger partial charge in [-0.3, -0.25) is 9.59 Å². The van der Waals surface area contributed by atoms with E-state index in [2.05, 4.69) is 16.0 Å². The van der Waals surface area contributed by atoms with E-state index < -0.39 is 49.3 Å². The van der Waals surface area contributed by atoms with Gasteiger partial charge < -0.3 is 45.5 Å². The molecule has 0 spiro atoms. The Kier molecular flexibility index (Phi) is 13.1. The summed E-state index contributed by atoms with van der Waals surface area (Å²) in [6.45, 7) is 1.47. The van der Waals surface area contributed by atoms with Crippen LogP contribution in [0.3, 0.4) is 0 Å². The van der Waals surface area contributed by atoms with Crippen LogP contribution in [0.25, 0.3) is 0 Å². The quantitative estimate of drug-likeness (QED) is 0.181. The molecular weight excluding hydrogens is 474 g/mol. The lowest BCUT2D eigenvalue weighted by Crippen LogP contribution is -2.64. The molecule has 0 radical (unpaired) electrons. The van der Waals surface area contributed by atoms with Crippen molar-refractivity contribution >= 4 is 17.9 Å². The van der Waals surface area contributed by atoms with Crippen LogP contribution >= 0.6 is 0 Å². The molecule has 1 heterocycles. The molecule has 1 aromatic rings. The molecule has 2 rings (SSSR count). The molecular formula is C24H37N3O9. The topological polar surface area (TPSA) is 176 Å². The summed E-state index contributed by atoms with van der Waals surface area (Å²) in [5.41, 5.74) is 0.854. The van der Waals surface area contributed by atoms with E-state index in [1.807, 2.05) is 30.3 Å². The van der Waals surface area contributed by atoms with Crippen molar-refractivity contribution in [2.24, 2.45) is 0 Å². The average molecular weight is 512 g/mol. The minimum Gasteiger partial charge on any atom is -0.445 e. The highest BCUT2D eigenvalue weighted by atomic mass is 16.7. The van der Waals surface area contributed by atoms with Crippen molar-refractivity contribution in [1.82, 2.24) is 16.0 Å². The molecule has 0 aliphatic carbocycles. The summed E-state index contributed by atoms with van der Waals surface area (Å²) in [6.07, 6.45) is -2.36. The number of nitrogens with one attached hydrogen (secondary N) is 3. The lowest BCUT2D eigenvalue weighted by Gasteiger charge is -2.42. The molecule has 5 atom stereocenters. The predicted molar refractivity (Wildman–Crippen MR) is 127 cm³/mol. The average Bonchev–Trinajstić information content (AvgIpc) is 2.87. The summed E-state index contributed by atoms with van der Waals surface area (Å²) in [4.78, 5) is 34.9. The van der Waals surface area contributed by atoms with Crippen molar-refractivity contribution in [2.75, 3.05) is 26.3 Å². The van der Waals surface area contributed by atoms with E-state index in [-0.39, 0.29) is 25.7 Å². The molecule has 1 aliphatic heterocycles. The molecule has 1 aromatic carbocycles. The molecule has 202 valence electrons. The Morgan fingerprint density at radius 2 is 1.72 bits per heavy atom. The van der Waals surface area contributed by atoms with Crippen molar-refractivity contribution in [3.63, 3.8) is 0 Å². The fourth-order valence-corrected chi connectivity index (χ4v) is 3.61. The lowest BCUT2D eigenvalue weighted by molar-refractivity contribution is -0.270. The maximum Gasteiger partial charge on any atom is 0.407 e. The molecule has 3 amide bonds. The van der Waals surface area contributed by atoms with Gasteiger partial charge in [-0.15, -0.1) is 0 Å². The van der Waals surface area contributed by atoms with E-state index in [0.717, 1.165) is 24.8 Å². The van der Waals surface area contributed by atoms with Crippen LogP contribution in [0.15, 0.2) is 30.3 Å². The summed E-state index contributed by atoms with van der Waals surface area (Å²) in [5, 5.41) is 37.2. The van der Waals surface area contributed by atoms with Crippen LogP contribution in [0.4, 0.5) is 4.79 Å². The standard InChI is InChI=1S/C24H37N3O9/c1-16(29)27-20-22(32)21(31)18(14-28)36-23(20)34-12-8-3-2-7-11-25-19(30)13-26-24(33)35-15-17-9-5-4-6-10-17/h4-6,9-10,18,20-23,28,31-32H,2-3,7-8,11-15H2,1H3,(H,25,30)(H,26,33)(H,27,29). The zero-order chi connectivity index (χ0) is 26.3. The minimum absolute atomic E-state index is 0.128. The van der Waals surface area contributed by atoms with Gasteiger partial charge >= 0.3 is 6.09 Å². The van der Waals surface area contributed by atoms with Crippen molar-refractivity contribution < 1.29 is 43.9 Å². The third-order valence-corrected chi connectivity index (χ3v) is 5.53. The number of unbranched alkanes of at least 4 members (excludes halogenated alkanes) is 3. The van der Waals surface area contributed by atoms with Crippen LogP contribution in [0.2, 0.25) is 0 Å². The highest BCUT2D eigenvalue weighted by molar-refractivity contribution is 5.82. The van der Waals surface area contributed by atoms with Crippen LogP contribution in [0, 0.1) is 0 Å². The second kappa shape index (κ2) is 16.1. The molecule has 12 nitrogen and oxygen atoms in total. The monoisotopic (exact) mass is 511 g/mol. The summed E-state index contributed by atoms with van der Waals surface area (Å²) in [5.74, 6) is -0.722. The van der Waals surface area contributed by atoms with Gasteiger partial charge in [0.25, 0.3) is 0 Å². The van der Waals surface area contributed by atoms with Crippen LogP contribution in [0.5, 0.6) is 0 Å². The highest BCUT2D eigenvalue weighted by Gasteiger charge is 2.45. The first-order valence-electron chi connectivity index (χ1n) is 12.0. The van der Waals surface area contributed by atoms with Gasteiger partial charge in [-0.25, -0.2) is 4.79 Å². The number of rotatable bonds is 14. The van der Waals surface area contributed by atoms with Gasteiger partial charge in [-0.2, -0.15) is 0 Å². The van der Waals surface area contributed by atoms with Crippen molar-refractivity contribution in [3.05, 3.63) is 35.9 Å². The van der Waals surface area contributed by atoms with Crippen molar-refractivity contribution in [2.45, 2.75) is 69.9 Å². The third-order valence-electron chi connectivity index (χ3n) is 5.53.